The predicted molar refractivity (Wildman–Crippen MR) is 68.3 cm³/mol. The average molecular weight is 315 g/mol. The van der Waals surface area contributed by atoms with Crippen molar-refractivity contribution < 1.29 is 4.79 Å². The Labute approximate surface area is 112 Å². The van der Waals surface area contributed by atoms with Crippen molar-refractivity contribution in [1.82, 2.24) is 15.0 Å². The second-order valence-corrected chi connectivity index (χ2v) is 4.82. The van der Waals surface area contributed by atoms with Crippen LogP contribution in [0.3, 0.4) is 0 Å². The van der Waals surface area contributed by atoms with Crippen molar-refractivity contribution in [3.8, 4) is 0 Å². The van der Waals surface area contributed by atoms with Gasteiger partial charge in [-0.05, 0) is 40.5 Å². The summed E-state index contributed by atoms with van der Waals surface area (Å²) in [6.45, 7) is 1.92. The van der Waals surface area contributed by atoms with Crippen LogP contribution in [0.5, 0.6) is 0 Å². The molecule has 0 atom stereocenters. The first kappa shape index (κ1) is 12.3. The maximum atomic E-state index is 12.3. The summed E-state index contributed by atoms with van der Waals surface area (Å²) in [5, 5.41) is 7.97. The Balaban J connectivity index is 2.51. The van der Waals surface area contributed by atoms with Crippen LogP contribution in [0.1, 0.15) is 21.6 Å². The van der Waals surface area contributed by atoms with Crippen LogP contribution in [0.25, 0.3) is 0 Å². The van der Waals surface area contributed by atoms with Gasteiger partial charge >= 0.3 is 0 Å². The van der Waals surface area contributed by atoms with E-state index in [4.69, 9.17) is 11.6 Å². The molecule has 2 rings (SSSR count). The van der Waals surface area contributed by atoms with E-state index in [9.17, 15) is 4.79 Å². The van der Waals surface area contributed by atoms with Gasteiger partial charge in [-0.2, -0.15) is 0 Å². The third-order valence-electron chi connectivity index (χ3n) is 2.37. The largest absolute Gasteiger partial charge is 0.287 e. The number of nitrogens with zero attached hydrogens (tertiary/aromatic N) is 3. The lowest BCUT2D eigenvalue weighted by Crippen LogP contribution is -2.09. The monoisotopic (exact) mass is 313 g/mol. The molecule has 1 aromatic heterocycles. The number of rotatable bonds is 2. The molecule has 0 unspecified atom stereocenters. The lowest BCUT2D eigenvalue weighted by atomic mass is 10.1. The summed E-state index contributed by atoms with van der Waals surface area (Å²) in [6.07, 6.45) is 0. The fourth-order valence-electron chi connectivity index (χ4n) is 1.50. The molecule has 6 heteroatoms. The normalized spacial score (nSPS) is 10.6. The lowest BCUT2D eigenvalue weighted by Gasteiger charge is -2.04. The molecule has 0 aliphatic rings. The predicted octanol–water partition coefficient (Wildman–Crippen LogP) is 2.77. The van der Waals surface area contributed by atoms with Gasteiger partial charge in [-0.3, -0.25) is 4.79 Å². The zero-order valence-corrected chi connectivity index (χ0v) is 11.6. The molecule has 0 aliphatic heterocycles. The van der Waals surface area contributed by atoms with E-state index in [-0.39, 0.29) is 5.78 Å². The molecule has 17 heavy (non-hydrogen) atoms. The van der Waals surface area contributed by atoms with Crippen molar-refractivity contribution in [2.24, 2.45) is 7.05 Å². The molecular formula is C11H9BrClN3O. The molecule has 1 aromatic carbocycles. The van der Waals surface area contributed by atoms with Crippen molar-refractivity contribution in [3.63, 3.8) is 0 Å². The van der Waals surface area contributed by atoms with Gasteiger partial charge in [0, 0.05) is 12.6 Å². The van der Waals surface area contributed by atoms with Gasteiger partial charge in [0.25, 0.3) is 0 Å². The highest BCUT2D eigenvalue weighted by molar-refractivity contribution is 9.10. The number of halogens is 2. The average Bonchev–Trinajstić information content (AvgIpc) is 2.58. The standard InChI is InChI=1S/C11H9BrClN3O/c1-6-3-4-7(8(13)5-6)10(17)9-11(12)14-15-16(9)2/h3-5H,1-2H3. The van der Waals surface area contributed by atoms with Crippen LogP contribution in [-0.2, 0) is 7.05 Å². The molecule has 0 saturated heterocycles. The number of carbonyl (C=O) groups excluding carboxylic acids is 1. The topological polar surface area (TPSA) is 47.8 Å². The van der Waals surface area contributed by atoms with Crippen LogP contribution in [0.15, 0.2) is 22.8 Å². The smallest absolute Gasteiger partial charge is 0.215 e. The van der Waals surface area contributed by atoms with Crippen LogP contribution < -0.4 is 0 Å². The second kappa shape index (κ2) is 4.58. The number of hydrogen-bond donors (Lipinski definition) is 0. The number of aromatic nitrogens is 3. The zero-order chi connectivity index (χ0) is 12.6. The van der Waals surface area contributed by atoms with Crippen molar-refractivity contribution in [2.75, 3.05) is 0 Å². The minimum Gasteiger partial charge on any atom is -0.287 e. The molecule has 88 valence electrons. The van der Waals surface area contributed by atoms with Crippen LogP contribution >= 0.6 is 27.5 Å². The van der Waals surface area contributed by atoms with Gasteiger partial charge in [0.1, 0.15) is 5.69 Å². The summed E-state index contributed by atoms with van der Waals surface area (Å²) in [6, 6.07) is 5.31. The van der Waals surface area contributed by atoms with E-state index in [0.29, 0.717) is 20.9 Å². The van der Waals surface area contributed by atoms with Gasteiger partial charge in [0.15, 0.2) is 4.60 Å². The van der Waals surface area contributed by atoms with Gasteiger partial charge in [0.2, 0.25) is 5.78 Å². The molecule has 2 aromatic rings. The molecule has 0 fully saturated rings. The highest BCUT2D eigenvalue weighted by atomic mass is 79.9. The Morgan fingerprint density at radius 1 is 1.47 bits per heavy atom. The molecule has 0 saturated carbocycles. The maximum Gasteiger partial charge on any atom is 0.215 e. The number of carbonyl (C=O) groups is 1. The highest BCUT2D eigenvalue weighted by Gasteiger charge is 2.20. The number of hydrogen-bond acceptors (Lipinski definition) is 3. The quantitative estimate of drug-likeness (QED) is 0.801. The van der Waals surface area contributed by atoms with Crippen LogP contribution in [0, 0.1) is 6.92 Å². The van der Waals surface area contributed by atoms with Crippen LogP contribution in [0.4, 0.5) is 0 Å². The van der Waals surface area contributed by atoms with E-state index in [1.807, 2.05) is 13.0 Å². The Morgan fingerprint density at radius 2 is 2.18 bits per heavy atom. The van der Waals surface area contributed by atoms with Gasteiger partial charge in [-0.25, -0.2) is 4.68 Å². The first-order chi connectivity index (χ1) is 8.00. The van der Waals surface area contributed by atoms with Gasteiger partial charge in [-0.1, -0.05) is 22.9 Å². The third-order valence-corrected chi connectivity index (χ3v) is 3.22. The van der Waals surface area contributed by atoms with Crippen molar-refractivity contribution >= 4 is 33.3 Å². The molecule has 0 bridgehead atoms. The molecule has 0 radical (unpaired) electrons. The summed E-state index contributed by atoms with van der Waals surface area (Å²) in [4.78, 5) is 12.3. The third kappa shape index (κ3) is 2.25. The maximum absolute atomic E-state index is 12.3. The van der Waals surface area contributed by atoms with Crippen LogP contribution in [0.2, 0.25) is 5.02 Å². The van der Waals surface area contributed by atoms with Crippen LogP contribution in [-0.4, -0.2) is 20.8 Å². The SMILES string of the molecule is Cc1ccc(C(=O)c2c(Br)nnn2C)c(Cl)c1. The molecule has 0 aliphatic carbocycles. The fraction of sp³-hybridized carbons (Fsp3) is 0.182. The van der Waals surface area contributed by atoms with Gasteiger partial charge < -0.3 is 0 Å². The molecule has 4 nitrogen and oxygen atoms in total. The van der Waals surface area contributed by atoms with E-state index in [1.165, 1.54) is 4.68 Å². The summed E-state index contributed by atoms with van der Waals surface area (Å²) in [5.74, 6) is -0.200. The minimum atomic E-state index is -0.200. The number of benzene rings is 1. The molecule has 0 amide bonds. The Hall–Kier alpha value is -1.20. The highest BCUT2D eigenvalue weighted by Crippen LogP contribution is 2.23. The summed E-state index contributed by atoms with van der Waals surface area (Å²) in [7, 11) is 1.66. The number of ketones is 1. The van der Waals surface area contributed by atoms with Gasteiger partial charge in [0.05, 0.1) is 5.02 Å². The molecule has 1 heterocycles. The molecule has 0 N–H and O–H groups in total. The second-order valence-electron chi connectivity index (χ2n) is 3.66. The fourth-order valence-corrected chi connectivity index (χ4v) is 2.33. The van der Waals surface area contributed by atoms with E-state index in [2.05, 4.69) is 26.2 Å². The number of aryl methyl sites for hydroxylation is 2. The van der Waals surface area contributed by atoms with E-state index >= 15 is 0 Å². The first-order valence-corrected chi connectivity index (χ1v) is 6.04. The molecule has 0 spiro atoms. The van der Waals surface area contributed by atoms with Gasteiger partial charge in [-0.15, -0.1) is 5.10 Å². The van der Waals surface area contributed by atoms with Crippen molar-refractivity contribution in [1.29, 1.82) is 0 Å². The summed E-state index contributed by atoms with van der Waals surface area (Å²) >= 11 is 9.26. The van der Waals surface area contributed by atoms with E-state index < -0.39 is 0 Å². The Kier molecular flexibility index (Phi) is 3.31. The van der Waals surface area contributed by atoms with Crippen molar-refractivity contribution in [3.05, 3.63) is 44.6 Å². The zero-order valence-electron chi connectivity index (χ0n) is 9.24. The summed E-state index contributed by atoms with van der Waals surface area (Å²) < 4.78 is 1.84. The summed E-state index contributed by atoms with van der Waals surface area (Å²) in [5.41, 5.74) is 1.84. The minimum absolute atomic E-state index is 0.200. The molecular weight excluding hydrogens is 305 g/mol. The van der Waals surface area contributed by atoms with Crippen molar-refractivity contribution in [2.45, 2.75) is 6.92 Å². The Bertz CT molecular complexity index is 575. The first-order valence-electron chi connectivity index (χ1n) is 4.86. The lowest BCUT2D eigenvalue weighted by molar-refractivity contribution is 0.102. The Morgan fingerprint density at radius 3 is 2.71 bits per heavy atom. The van der Waals surface area contributed by atoms with E-state index in [0.717, 1.165) is 5.56 Å². The van der Waals surface area contributed by atoms with E-state index in [1.54, 1.807) is 19.2 Å².